The van der Waals surface area contributed by atoms with Crippen molar-refractivity contribution in [1.29, 1.82) is 0 Å². The van der Waals surface area contributed by atoms with Gasteiger partial charge in [-0.3, -0.25) is 0 Å². The first-order valence-corrected chi connectivity index (χ1v) is 7.57. The Kier molecular flexibility index (Phi) is 5.50. The molecule has 5 nitrogen and oxygen atoms in total. The minimum atomic E-state index is -5.63. The van der Waals surface area contributed by atoms with Crippen molar-refractivity contribution in [3.8, 4) is 0 Å². The molecule has 10 heteroatoms. The number of hydrogen-bond acceptors (Lipinski definition) is 5. The second-order valence-corrected chi connectivity index (χ2v) is 6.38. The van der Waals surface area contributed by atoms with Crippen molar-refractivity contribution in [2.75, 3.05) is 0 Å². The second-order valence-electron chi connectivity index (χ2n) is 4.84. The van der Waals surface area contributed by atoms with Crippen molar-refractivity contribution in [2.24, 2.45) is 5.92 Å². The number of allylic oxidation sites excluding steroid dienone is 1. The van der Waals surface area contributed by atoms with Crippen LogP contribution in [-0.2, 0) is 14.3 Å². The molecule has 0 bridgehead atoms. The van der Waals surface area contributed by atoms with Crippen LogP contribution in [0.4, 0.5) is 13.2 Å². The van der Waals surface area contributed by atoms with Gasteiger partial charge in [-0.15, -0.1) is 0 Å². The summed E-state index contributed by atoms with van der Waals surface area (Å²) < 4.78 is 62.3. The van der Waals surface area contributed by atoms with Crippen LogP contribution >= 0.6 is 0 Å². The van der Waals surface area contributed by atoms with E-state index in [1.165, 1.54) is 0 Å². The molecule has 0 aromatic rings. The SMILES string of the molecule is C=C(OS(=O)(=O)C(F)(F)F)[C@H]1CC[C@H](NB(C)O)CC1. The summed E-state index contributed by atoms with van der Waals surface area (Å²) in [7, 11) is -6.30. The number of nitrogens with one attached hydrogen (secondary N) is 1. The van der Waals surface area contributed by atoms with Crippen LogP contribution in [0, 0.1) is 5.92 Å². The van der Waals surface area contributed by atoms with Gasteiger partial charge >= 0.3 is 22.7 Å². The van der Waals surface area contributed by atoms with E-state index in [2.05, 4.69) is 16.0 Å². The van der Waals surface area contributed by atoms with Crippen LogP contribution in [-0.4, -0.2) is 32.0 Å². The Morgan fingerprint density at radius 1 is 1.35 bits per heavy atom. The van der Waals surface area contributed by atoms with Crippen LogP contribution in [0.1, 0.15) is 25.7 Å². The molecule has 1 aliphatic rings. The van der Waals surface area contributed by atoms with Crippen LogP contribution in [0.2, 0.25) is 6.82 Å². The Morgan fingerprint density at radius 3 is 2.25 bits per heavy atom. The largest absolute Gasteiger partial charge is 0.534 e. The highest BCUT2D eigenvalue weighted by Gasteiger charge is 2.49. The first kappa shape index (κ1) is 17.3. The van der Waals surface area contributed by atoms with Gasteiger partial charge in [-0.1, -0.05) is 6.58 Å². The van der Waals surface area contributed by atoms with E-state index in [9.17, 15) is 21.6 Å². The summed E-state index contributed by atoms with van der Waals surface area (Å²) in [5.41, 5.74) is -5.44. The third kappa shape index (κ3) is 4.67. The van der Waals surface area contributed by atoms with Gasteiger partial charge < -0.3 is 14.4 Å². The van der Waals surface area contributed by atoms with Gasteiger partial charge in [0.25, 0.3) is 0 Å². The maximum absolute atomic E-state index is 12.2. The predicted molar refractivity (Wildman–Crippen MR) is 67.9 cm³/mol. The summed E-state index contributed by atoms with van der Waals surface area (Å²) in [6.07, 6.45) is 2.11. The lowest BCUT2D eigenvalue weighted by atomic mass is 9.80. The number of rotatable bonds is 5. The first-order valence-electron chi connectivity index (χ1n) is 6.16. The molecule has 0 atom stereocenters. The average Bonchev–Trinajstić information content (AvgIpc) is 2.26. The van der Waals surface area contributed by atoms with Gasteiger partial charge in [-0.25, -0.2) is 0 Å². The second kappa shape index (κ2) is 6.36. The molecule has 1 fully saturated rings. The molecule has 0 radical (unpaired) electrons. The fraction of sp³-hybridized carbons (Fsp3) is 0.800. The fourth-order valence-corrected chi connectivity index (χ4v) is 2.69. The van der Waals surface area contributed by atoms with Crippen molar-refractivity contribution in [3.63, 3.8) is 0 Å². The highest BCUT2D eigenvalue weighted by atomic mass is 32.2. The van der Waals surface area contributed by atoms with Crippen LogP contribution < -0.4 is 5.23 Å². The van der Waals surface area contributed by atoms with E-state index >= 15 is 0 Å². The Balaban J connectivity index is 2.52. The summed E-state index contributed by atoms with van der Waals surface area (Å²) >= 11 is 0. The Bertz CT molecular complexity index is 444. The summed E-state index contributed by atoms with van der Waals surface area (Å²) in [6, 6.07) is 0.0540. The van der Waals surface area contributed by atoms with E-state index in [0.717, 1.165) is 0 Å². The molecule has 0 aromatic heterocycles. The molecule has 1 aliphatic carbocycles. The third-order valence-electron chi connectivity index (χ3n) is 3.16. The normalized spacial score (nSPS) is 24.2. The molecule has 0 unspecified atom stereocenters. The summed E-state index contributed by atoms with van der Waals surface area (Å²) in [5.74, 6) is -0.808. The minimum absolute atomic E-state index is 0.0540. The van der Waals surface area contributed by atoms with E-state index < -0.39 is 28.6 Å². The molecule has 0 spiro atoms. The van der Waals surface area contributed by atoms with Gasteiger partial charge in [-0.2, -0.15) is 21.6 Å². The number of alkyl halides is 3. The molecular weight excluding hydrogens is 298 g/mol. The molecule has 0 amide bonds. The van der Waals surface area contributed by atoms with E-state index in [1.54, 1.807) is 6.82 Å². The zero-order valence-corrected chi connectivity index (χ0v) is 11.8. The summed E-state index contributed by atoms with van der Waals surface area (Å²) in [5, 5.41) is 12.1. The zero-order chi connectivity index (χ0) is 15.6. The van der Waals surface area contributed by atoms with E-state index in [4.69, 9.17) is 5.02 Å². The van der Waals surface area contributed by atoms with E-state index in [-0.39, 0.29) is 11.8 Å². The van der Waals surface area contributed by atoms with Gasteiger partial charge in [0.15, 0.2) is 0 Å². The highest BCUT2D eigenvalue weighted by molar-refractivity contribution is 7.87. The molecule has 0 aromatic carbocycles. The van der Waals surface area contributed by atoms with Crippen molar-refractivity contribution < 1.29 is 30.8 Å². The Labute approximate surface area is 116 Å². The minimum Gasteiger partial charge on any atom is -0.437 e. The lowest BCUT2D eigenvalue weighted by molar-refractivity contribution is -0.0528. The quantitative estimate of drug-likeness (QED) is 0.349. The Hall–Kier alpha value is -0.735. The summed E-state index contributed by atoms with van der Waals surface area (Å²) in [4.78, 5) is 0. The molecule has 116 valence electrons. The smallest absolute Gasteiger partial charge is 0.437 e. The van der Waals surface area contributed by atoms with Gasteiger partial charge in [0.2, 0.25) is 0 Å². The molecule has 1 rings (SSSR count). The van der Waals surface area contributed by atoms with Crippen LogP contribution in [0.25, 0.3) is 0 Å². The van der Waals surface area contributed by atoms with E-state index in [0.29, 0.717) is 25.7 Å². The highest BCUT2D eigenvalue weighted by Crippen LogP contribution is 2.33. The average molecular weight is 315 g/mol. The lowest BCUT2D eigenvalue weighted by Crippen LogP contribution is -2.42. The van der Waals surface area contributed by atoms with Gasteiger partial charge in [0.1, 0.15) is 5.76 Å². The van der Waals surface area contributed by atoms with Crippen molar-refractivity contribution >= 4 is 17.2 Å². The molecule has 20 heavy (non-hydrogen) atoms. The number of halogens is 3. The molecule has 2 N–H and O–H groups in total. The van der Waals surface area contributed by atoms with Crippen LogP contribution in [0.3, 0.4) is 0 Å². The summed E-state index contributed by atoms with van der Waals surface area (Å²) in [6.45, 7) is 4.87. The predicted octanol–water partition coefficient (Wildman–Crippen LogP) is 1.62. The third-order valence-corrected chi connectivity index (χ3v) is 4.16. The standard InChI is InChI=1S/C10H17BF3NO4S/c1-7(19-20(17,18)10(12,13)14)8-3-5-9(6-4-8)15-11(2)16/h8-9,15-16H,1,3-6H2,2H3/t8-,9-. The topological polar surface area (TPSA) is 75.6 Å². The fourth-order valence-electron chi connectivity index (χ4n) is 2.18. The van der Waals surface area contributed by atoms with Gasteiger partial charge in [0, 0.05) is 5.92 Å². The lowest BCUT2D eigenvalue weighted by Gasteiger charge is -2.30. The van der Waals surface area contributed by atoms with Gasteiger partial charge in [-0.05, 0) is 38.5 Å². The molecule has 0 saturated heterocycles. The van der Waals surface area contributed by atoms with Crippen LogP contribution in [0.5, 0.6) is 0 Å². The van der Waals surface area contributed by atoms with E-state index in [1.807, 2.05) is 0 Å². The zero-order valence-electron chi connectivity index (χ0n) is 11.0. The number of hydrogen-bond donors (Lipinski definition) is 2. The molecule has 1 saturated carbocycles. The maximum Gasteiger partial charge on any atom is 0.534 e. The van der Waals surface area contributed by atoms with Crippen molar-refractivity contribution in [2.45, 2.75) is 44.1 Å². The van der Waals surface area contributed by atoms with Crippen LogP contribution in [0.15, 0.2) is 12.3 Å². The first-order chi connectivity index (χ1) is 9.03. The molecular formula is C10H17BF3NO4S. The van der Waals surface area contributed by atoms with Crippen molar-refractivity contribution in [3.05, 3.63) is 12.3 Å². The van der Waals surface area contributed by atoms with Gasteiger partial charge in [0.05, 0.1) is 0 Å². The monoisotopic (exact) mass is 315 g/mol. The Morgan fingerprint density at radius 2 is 1.85 bits per heavy atom. The molecule has 0 aliphatic heterocycles. The molecule has 0 heterocycles. The maximum atomic E-state index is 12.2. The van der Waals surface area contributed by atoms with Crippen molar-refractivity contribution in [1.82, 2.24) is 5.23 Å².